The maximum Gasteiger partial charge on any atom is 0.119 e. The summed E-state index contributed by atoms with van der Waals surface area (Å²) in [4.78, 5) is 11.2. The van der Waals surface area contributed by atoms with Gasteiger partial charge in [0.1, 0.15) is 11.8 Å². The van der Waals surface area contributed by atoms with Crippen molar-refractivity contribution in [2.24, 2.45) is 11.1 Å². The minimum atomic E-state index is -0.195. The zero-order valence-electron chi connectivity index (χ0n) is 14.0. The van der Waals surface area contributed by atoms with E-state index in [0.717, 1.165) is 55.6 Å². The molecule has 0 fully saturated rings. The van der Waals surface area contributed by atoms with Gasteiger partial charge in [-0.15, -0.1) is 0 Å². The van der Waals surface area contributed by atoms with Crippen molar-refractivity contribution in [3.63, 3.8) is 0 Å². The second kappa shape index (κ2) is 8.11. The van der Waals surface area contributed by atoms with Crippen LogP contribution in [0.15, 0.2) is 35.0 Å². The van der Waals surface area contributed by atoms with E-state index in [0.29, 0.717) is 5.92 Å². The molecule has 0 heterocycles. The molecule has 1 atom stereocenters. The third kappa shape index (κ3) is 4.19. The summed E-state index contributed by atoms with van der Waals surface area (Å²) < 4.78 is 5.80. The van der Waals surface area contributed by atoms with Crippen LogP contribution >= 0.6 is 0 Å². The molecule has 1 aromatic rings. The number of hydrogen-bond acceptors (Lipinski definition) is 3. The van der Waals surface area contributed by atoms with E-state index in [1.165, 1.54) is 5.57 Å². The van der Waals surface area contributed by atoms with Crippen LogP contribution in [0.1, 0.15) is 58.4 Å². The average molecular weight is 301 g/mol. The first-order chi connectivity index (χ1) is 10.7. The third-order valence-corrected chi connectivity index (χ3v) is 4.13. The van der Waals surface area contributed by atoms with E-state index < -0.39 is 0 Å². The topological polar surface area (TPSA) is 38.7 Å². The second-order valence-corrected chi connectivity index (χ2v) is 6.50. The number of hydrogen-bond donors (Lipinski definition) is 0. The standard InChI is InChI=1S/C19H27NO2/c1-4-5-11-22-17-8-6-7-15(13-17)19-16(12-14(2)3)9-10-18(19)20-21/h6-8,13-14,18H,4-5,9-12H2,1-3H3. The van der Waals surface area contributed by atoms with Gasteiger partial charge in [0, 0.05) is 0 Å². The first-order valence-corrected chi connectivity index (χ1v) is 8.43. The van der Waals surface area contributed by atoms with Gasteiger partial charge in [-0.25, -0.2) is 0 Å². The van der Waals surface area contributed by atoms with Crippen molar-refractivity contribution in [2.75, 3.05) is 6.61 Å². The molecule has 0 N–H and O–H groups in total. The lowest BCUT2D eigenvalue weighted by atomic mass is 9.94. The molecular weight excluding hydrogens is 274 g/mol. The average Bonchev–Trinajstić information content (AvgIpc) is 2.90. The van der Waals surface area contributed by atoms with E-state index in [1.807, 2.05) is 12.1 Å². The van der Waals surface area contributed by atoms with E-state index in [-0.39, 0.29) is 6.04 Å². The molecule has 0 aromatic heterocycles. The zero-order chi connectivity index (χ0) is 15.9. The SMILES string of the molecule is CCCCOc1cccc(C2=C(CC(C)C)CCC2N=O)c1. The van der Waals surface area contributed by atoms with Crippen molar-refractivity contribution in [1.29, 1.82) is 0 Å². The monoisotopic (exact) mass is 301 g/mol. The van der Waals surface area contributed by atoms with Crippen LogP contribution in [0.25, 0.3) is 5.57 Å². The number of ether oxygens (including phenoxy) is 1. The number of benzene rings is 1. The number of rotatable bonds is 8. The van der Waals surface area contributed by atoms with Crippen molar-refractivity contribution in [3.05, 3.63) is 40.3 Å². The molecule has 1 aliphatic carbocycles. The molecule has 1 unspecified atom stereocenters. The predicted octanol–water partition coefficient (Wildman–Crippen LogP) is 5.59. The van der Waals surface area contributed by atoms with Crippen LogP contribution in [-0.4, -0.2) is 12.6 Å². The molecule has 0 radical (unpaired) electrons. The highest BCUT2D eigenvalue weighted by Gasteiger charge is 2.27. The quantitative estimate of drug-likeness (QED) is 0.463. The van der Waals surface area contributed by atoms with Crippen molar-refractivity contribution in [1.82, 2.24) is 0 Å². The minimum absolute atomic E-state index is 0.195. The normalized spacial score (nSPS) is 18.1. The van der Waals surface area contributed by atoms with Gasteiger partial charge in [-0.3, -0.25) is 0 Å². The molecule has 0 aliphatic heterocycles. The Kier molecular flexibility index (Phi) is 6.17. The van der Waals surface area contributed by atoms with Gasteiger partial charge in [0.2, 0.25) is 0 Å². The van der Waals surface area contributed by atoms with Gasteiger partial charge < -0.3 is 4.74 Å². The summed E-state index contributed by atoms with van der Waals surface area (Å²) in [7, 11) is 0. The van der Waals surface area contributed by atoms with Gasteiger partial charge in [-0.2, -0.15) is 4.91 Å². The summed E-state index contributed by atoms with van der Waals surface area (Å²) in [6.07, 6.45) is 5.07. The Labute approximate surface area is 133 Å². The fourth-order valence-electron chi connectivity index (χ4n) is 3.12. The maximum atomic E-state index is 11.2. The van der Waals surface area contributed by atoms with E-state index in [1.54, 1.807) is 0 Å². The van der Waals surface area contributed by atoms with Gasteiger partial charge in [0.25, 0.3) is 0 Å². The Morgan fingerprint density at radius 2 is 2.18 bits per heavy atom. The lowest BCUT2D eigenvalue weighted by Gasteiger charge is -2.14. The number of nitroso groups, excluding NO2 is 1. The Morgan fingerprint density at radius 1 is 1.36 bits per heavy atom. The molecule has 120 valence electrons. The van der Waals surface area contributed by atoms with E-state index in [4.69, 9.17) is 4.74 Å². The first kappa shape index (κ1) is 16.7. The molecule has 0 saturated heterocycles. The minimum Gasteiger partial charge on any atom is -0.494 e. The third-order valence-electron chi connectivity index (χ3n) is 4.13. The van der Waals surface area contributed by atoms with Crippen LogP contribution in [0.3, 0.4) is 0 Å². The summed E-state index contributed by atoms with van der Waals surface area (Å²) >= 11 is 0. The molecule has 2 rings (SSSR count). The van der Waals surface area contributed by atoms with Gasteiger partial charge in [-0.1, -0.05) is 50.1 Å². The van der Waals surface area contributed by atoms with Gasteiger partial charge >= 0.3 is 0 Å². The van der Waals surface area contributed by atoms with E-state index in [9.17, 15) is 4.91 Å². The molecule has 0 bridgehead atoms. The number of unbranched alkanes of at least 4 members (excludes halogenated alkanes) is 1. The predicted molar refractivity (Wildman–Crippen MR) is 92.0 cm³/mol. The Hall–Kier alpha value is -1.64. The molecule has 0 saturated carbocycles. The summed E-state index contributed by atoms with van der Waals surface area (Å²) in [5, 5.41) is 3.36. The highest BCUT2D eigenvalue weighted by atomic mass is 16.5. The summed E-state index contributed by atoms with van der Waals surface area (Å²) in [5.41, 5.74) is 3.64. The van der Waals surface area contributed by atoms with Crippen LogP contribution in [-0.2, 0) is 0 Å². The fourth-order valence-corrected chi connectivity index (χ4v) is 3.12. The summed E-state index contributed by atoms with van der Waals surface area (Å²) in [6.45, 7) is 7.34. The van der Waals surface area contributed by atoms with Crippen LogP contribution in [0, 0.1) is 10.8 Å². The molecule has 3 nitrogen and oxygen atoms in total. The molecule has 22 heavy (non-hydrogen) atoms. The largest absolute Gasteiger partial charge is 0.494 e. The van der Waals surface area contributed by atoms with Crippen molar-refractivity contribution >= 4 is 5.57 Å². The molecular formula is C19H27NO2. The van der Waals surface area contributed by atoms with E-state index >= 15 is 0 Å². The smallest absolute Gasteiger partial charge is 0.119 e. The van der Waals surface area contributed by atoms with Gasteiger partial charge in [-0.05, 0) is 54.9 Å². The molecule has 0 amide bonds. The summed E-state index contributed by atoms with van der Waals surface area (Å²) in [5.74, 6) is 1.48. The first-order valence-electron chi connectivity index (χ1n) is 8.43. The van der Waals surface area contributed by atoms with Crippen LogP contribution in [0.5, 0.6) is 5.75 Å². The highest BCUT2D eigenvalue weighted by Crippen LogP contribution is 2.39. The Balaban J connectivity index is 2.26. The molecule has 0 spiro atoms. The van der Waals surface area contributed by atoms with Crippen molar-refractivity contribution in [2.45, 2.75) is 58.9 Å². The van der Waals surface area contributed by atoms with Gasteiger partial charge in [0.15, 0.2) is 0 Å². The highest BCUT2D eigenvalue weighted by molar-refractivity contribution is 5.75. The van der Waals surface area contributed by atoms with Crippen LogP contribution < -0.4 is 4.74 Å². The molecule has 1 aliphatic rings. The number of nitrogens with zero attached hydrogens (tertiary/aromatic N) is 1. The van der Waals surface area contributed by atoms with Crippen LogP contribution in [0.2, 0.25) is 0 Å². The fraction of sp³-hybridized carbons (Fsp3) is 0.579. The lowest BCUT2D eigenvalue weighted by molar-refractivity contribution is 0.309. The van der Waals surface area contributed by atoms with Gasteiger partial charge in [0.05, 0.1) is 6.61 Å². The maximum absolute atomic E-state index is 11.2. The number of allylic oxidation sites excluding steroid dienone is 1. The Morgan fingerprint density at radius 3 is 2.86 bits per heavy atom. The second-order valence-electron chi connectivity index (χ2n) is 6.50. The van der Waals surface area contributed by atoms with Crippen molar-refractivity contribution < 1.29 is 4.74 Å². The van der Waals surface area contributed by atoms with Crippen LogP contribution in [0.4, 0.5) is 0 Å². The van der Waals surface area contributed by atoms with Crippen molar-refractivity contribution in [3.8, 4) is 5.75 Å². The molecule has 3 heteroatoms. The lowest BCUT2D eigenvalue weighted by Crippen LogP contribution is -2.03. The van der Waals surface area contributed by atoms with E-state index in [2.05, 4.69) is 38.1 Å². The Bertz CT molecular complexity index is 534. The molecule has 1 aromatic carbocycles. The summed E-state index contributed by atoms with van der Waals surface area (Å²) in [6, 6.07) is 7.94. The zero-order valence-corrected chi connectivity index (χ0v) is 14.0.